The Labute approximate surface area is 124 Å². The van der Waals surface area contributed by atoms with Crippen LogP contribution in [-0.2, 0) is 13.6 Å². The molecule has 2 aromatic heterocycles. The number of aromatic nitrogens is 1. The van der Waals surface area contributed by atoms with Gasteiger partial charge in [-0.15, -0.1) is 0 Å². The lowest BCUT2D eigenvalue weighted by Gasteiger charge is -2.28. The third-order valence-electron chi connectivity index (χ3n) is 4.18. The number of anilines is 1. The summed E-state index contributed by atoms with van der Waals surface area (Å²) in [7, 11) is 1.85. The lowest BCUT2D eigenvalue weighted by molar-refractivity contribution is 0.0639. The Morgan fingerprint density at radius 1 is 1.48 bits per heavy atom. The summed E-state index contributed by atoms with van der Waals surface area (Å²) < 4.78 is 7.21. The predicted octanol–water partition coefficient (Wildman–Crippen LogP) is 2.79. The molecule has 5 heteroatoms. The van der Waals surface area contributed by atoms with Crippen LogP contribution in [0.2, 0.25) is 0 Å². The number of hydrogen-bond donors (Lipinski definition) is 1. The monoisotopic (exact) mass is 287 g/mol. The average Bonchev–Trinajstić information content (AvgIpc) is 3.16. The van der Waals surface area contributed by atoms with Crippen molar-refractivity contribution in [3.8, 4) is 0 Å². The van der Waals surface area contributed by atoms with E-state index in [1.807, 2.05) is 24.1 Å². The standard InChI is InChI=1S/C16H21N3O2/c1-18-10-12(17)9-15(18)16(20)19(13-5-2-3-6-13)11-14-7-4-8-21-14/h4,7-10,13H,2-3,5-6,11,17H2,1H3. The highest BCUT2D eigenvalue weighted by Crippen LogP contribution is 2.27. The van der Waals surface area contributed by atoms with Crippen molar-refractivity contribution in [3.05, 3.63) is 42.1 Å². The summed E-state index contributed by atoms with van der Waals surface area (Å²) in [5.74, 6) is 0.843. The zero-order valence-corrected chi connectivity index (χ0v) is 12.3. The van der Waals surface area contributed by atoms with E-state index in [1.54, 1.807) is 23.1 Å². The molecule has 1 amide bonds. The van der Waals surface area contributed by atoms with Crippen molar-refractivity contribution in [3.63, 3.8) is 0 Å². The molecular weight excluding hydrogens is 266 g/mol. The number of rotatable bonds is 4. The number of carbonyl (C=O) groups is 1. The number of hydrogen-bond acceptors (Lipinski definition) is 3. The first-order chi connectivity index (χ1) is 10.1. The van der Waals surface area contributed by atoms with E-state index in [4.69, 9.17) is 10.2 Å². The smallest absolute Gasteiger partial charge is 0.271 e. The van der Waals surface area contributed by atoms with Crippen LogP contribution < -0.4 is 5.73 Å². The van der Waals surface area contributed by atoms with Crippen molar-refractivity contribution >= 4 is 11.6 Å². The highest BCUT2D eigenvalue weighted by molar-refractivity contribution is 5.94. The Hall–Kier alpha value is -2.17. The average molecular weight is 287 g/mol. The molecule has 3 rings (SSSR count). The predicted molar refractivity (Wildman–Crippen MR) is 80.7 cm³/mol. The second-order valence-corrected chi connectivity index (χ2v) is 5.72. The first kappa shape index (κ1) is 13.8. The SMILES string of the molecule is Cn1cc(N)cc1C(=O)N(Cc1ccco1)C1CCCC1. The van der Waals surface area contributed by atoms with E-state index in [0.717, 1.165) is 18.6 Å². The van der Waals surface area contributed by atoms with Crippen LogP contribution >= 0.6 is 0 Å². The number of aryl methyl sites for hydroxylation is 1. The van der Waals surface area contributed by atoms with Crippen LogP contribution in [0.1, 0.15) is 41.9 Å². The molecule has 2 heterocycles. The fraction of sp³-hybridized carbons (Fsp3) is 0.438. The lowest BCUT2D eigenvalue weighted by Crippen LogP contribution is -2.39. The minimum Gasteiger partial charge on any atom is -0.467 e. The zero-order valence-electron chi connectivity index (χ0n) is 12.3. The third kappa shape index (κ3) is 2.82. The number of furan rings is 1. The summed E-state index contributed by atoms with van der Waals surface area (Å²) in [6.07, 6.45) is 7.91. The minimum atomic E-state index is 0.0255. The molecule has 0 radical (unpaired) electrons. The van der Waals surface area contributed by atoms with E-state index in [2.05, 4.69) is 0 Å². The van der Waals surface area contributed by atoms with Gasteiger partial charge in [0.05, 0.1) is 18.5 Å². The fourth-order valence-electron chi connectivity index (χ4n) is 3.10. The van der Waals surface area contributed by atoms with Gasteiger partial charge in [0.1, 0.15) is 11.5 Å². The van der Waals surface area contributed by atoms with E-state index < -0.39 is 0 Å². The van der Waals surface area contributed by atoms with E-state index in [0.29, 0.717) is 24.0 Å². The second kappa shape index (κ2) is 5.68. The lowest BCUT2D eigenvalue weighted by atomic mass is 10.2. The number of amides is 1. The number of nitrogens with zero attached hydrogens (tertiary/aromatic N) is 2. The normalized spacial score (nSPS) is 15.5. The van der Waals surface area contributed by atoms with Crippen molar-refractivity contribution in [1.82, 2.24) is 9.47 Å². The number of nitrogen functional groups attached to an aromatic ring is 1. The zero-order chi connectivity index (χ0) is 14.8. The minimum absolute atomic E-state index is 0.0255. The molecule has 0 spiro atoms. The van der Waals surface area contributed by atoms with E-state index in [-0.39, 0.29) is 5.91 Å². The first-order valence-corrected chi connectivity index (χ1v) is 7.40. The van der Waals surface area contributed by atoms with Gasteiger partial charge in [0.25, 0.3) is 5.91 Å². The highest BCUT2D eigenvalue weighted by Gasteiger charge is 2.29. The fourth-order valence-corrected chi connectivity index (χ4v) is 3.10. The Balaban J connectivity index is 1.86. The molecule has 2 N–H and O–H groups in total. The van der Waals surface area contributed by atoms with Crippen LogP contribution in [0.25, 0.3) is 0 Å². The van der Waals surface area contributed by atoms with Gasteiger partial charge in [-0.3, -0.25) is 4.79 Å². The molecular formula is C16H21N3O2. The van der Waals surface area contributed by atoms with Gasteiger partial charge in [-0.2, -0.15) is 0 Å². The Morgan fingerprint density at radius 2 is 2.24 bits per heavy atom. The maximum atomic E-state index is 12.9. The van der Waals surface area contributed by atoms with Gasteiger partial charge < -0.3 is 19.6 Å². The number of carbonyl (C=O) groups excluding carboxylic acids is 1. The van der Waals surface area contributed by atoms with Crippen molar-refractivity contribution < 1.29 is 9.21 Å². The quantitative estimate of drug-likeness (QED) is 0.940. The van der Waals surface area contributed by atoms with Crippen molar-refractivity contribution in [2.24, 2.45) is 7.05 Å². The molecule has 0 atom stereocenters. The molecule has 1 aliphatic carbocycles. The topological polar surface area (TPSA) is 64.4 Å². The molecule has 0 saturated heterocycles. The molecule has 1 saturated carbocycles. The molecule has 1 aliphatic rings. The van der Waals surface area contributed by atoms with Crippen molar-refractivity contribution in [1.29, 1.82) is 0 Å². The van der Waals surface area contributed by atoms with Crippen molar-refractivity contribution in [2.75, 3.05) is 5.73 Å². The molecule has 0 unspecified atom stereocenters. The summed E-state index contributed by atoms with van der Waals surface area (Å²) in [6.45, 7) is 0.515. The van der Waals surface area contributed by atoms with E-state index in [1.165, 1.54) is 12.8 Å². The van der Waals surface area contributed by atoms with Gasteiger partial charge in [0.2, 0.25) is 0 Å². The van der Waals surface area contributed by atoms with Crippen LogP contribution in [0.15, 0.2) is 35.1 Å². The summed E-state index contributed by atoms with van der Waals surface area (Å²) in [4.78, 5) is 14.8. The summed E-state index contributed by atoms with van der Waals surface area (Å²) in [5.41, 5.74) is 7.04. The Bertz CT molecular complexity index is 610. The van der Waals surface area contributed by atoms with Crippen molar-refractivity contribution in [2.45, 2.75) is 38.3 Å². The molecule has 112 valence electrons. The first-order valence-electron chi connectivity index (χ1n) is 7.40. The number of nitrogens with two attached hydrogens (primary N) is 1. The summed E-state index contributed by atoms with van der Waals surface area (Å²) >= 11 is 0. The maximum absolute atomic E-state index is 12.9. The molecule has 2 aromatic rings. The van der Waals surface area contributed by atoms with Crippen LogP contribution in [0, 0.1) is 0 Å². The Kier molecular flexibility index (Phi) is 3.73. The largest absolute Gasteiger partial charge is 0.467 e. The van der Waals surface area contributed by atoms with Crippen LogP contribution in [0.3, 0.4) is 0 Å². The van der Waals surface area contributed by atoms with Gasteiger partial charge >= 0.3 is 0 Å². The van der Waals surface area contributed by atoms with Crippen LogP contribution in [0.5, 0.6) is 0 Å². The van der Waals surface area contributed by atoms with Gasteiger partial charge in [-0.1, -0.05) is 12.8 Å². The summed E-state index contributed by atoms with van der Waals surface area (Å²) in [6, 6.07) is 5.80. The highest BCUT2D eigenvalue weighted by atomic mass is 16.3. The van der Waals surface area contributed by atoms with Gasteiger partial charge in [0.15, 0.2) is 0 Å². The van der Waals surface area contributed by atoms with Gasteiger partial charge in [0, 0.05) is 19.3 Å². The molecule has 21 heavy (non-hydrogen) atoms. The summed E-state index contributed by atoms with van der Waals surface area (Å²) in [5, 5.41) is 0. The molecule has 0 bridgehead atoms. The molecule has 0 aliphatic heterocycles. The van der Waals surface area contributed by atoms with E-state index in [9.17, 15) is 4.79 Å². The van der Waals surface area contributed by atoms with Gasteiger partial charge in [-0.25, -0.2) is 0 Å². The van der Waals surface area contributed by atoms with Crippen LogP contribution in [-0.4, -0.2) is 21.4 Å². The molecule has 5 nitrogen and oxygen atoms in total. The maximum Gasteiger partial charge on any atom is 0.271 e. The Morgan fingerprint density at radius 3 is 2.81 bits per heavy atom. The molecule has 0 aromatic carbocycles. The van der Waals surface area contributed by atoms with E-state index >= 15 is 0 Å². The third-order valence-corrected chi connectivity index (χ3v) is 4.18. The van der Waals surface area contributed by atoms with Crippen LogP contribution in [0.4, 0.5) is 5.69 Å². The second-order valence-electron chi connectivity index (χ2n) is 5.72. The van der Waals surface area contributed by atoms with Gasteiger partial charge in [-0.05, 0) is 31.0 Å². The molecule has 1 fully saturated rings.